The smallest absolute Gasteiger partial charge is 0.334 e. The number of imidazole rings is 1. The topological polar surface area (TPSA) is 36.3 Å². The van der Waals surface area contributed by atoms with Crippen molar-refractivity contribution in [3.63, 3.8) is 0 Å². The Morgan fingerprint density at radius 2 is 1.76 bits per heavy atom. The largest absolute Gasteiger partial charge is 0.451 e. The number of alkyl halides is 3. The fourth-order valence-electron chi connectivity index (χ4n) is 2.31. The van der Waals surface area contributed by atoms with E-state index in [1.54, 1.807) is 0 Å². The molecule has 1 aliphatic rings. The van der Waals surface area contributed by atoms with E-state index in [-0.39, 0.29) is 34.6 Å². The average Bonchev–Trinajstić information content (AvgIpc) is 2.97. The Bertz CT molecular complexity index is 709. The summed E-state index contributed by atoms with van der Waals surface area (Å²) in [5, 5.41) is 0.441. The number of aryl methyl sites for hydroxylation is 1. The van der Waals surface area contributed by atoms with E-state index in [1.807, 2.05) is 0 Å². The zero-order valence-electron chi connectivity index (χ0n) is 10.7. The summed E-state index contributed by atoms with van der Waals surface area (Å²) in [6.07, 6.45) is -4.76. The lowest BCUT2D eigenvalue weighted by Crippen LogP contribution is -2.45. The molecule has 2 heterocycles. The molecule has 1 aliphatic heterocycles. The van der Waals surface area contributed by atoms with Crippen molar-refractivity contribution in [2.75, 3.05) is 13.2 Å². The summed E-state index contributed by atoms with van der Waals surface area (Å²) in [6.45, 7) is -0.325. The van der Waals surface area contributed by atoms with Gasteiger partial charge in [0.2, 0.25) is 0 Å². The molecule has 2 aromatic rings. The highest BCUT2D eigenvalue weighted by molar-refractivity contribution is 6.42. The molecule has 114 valence electrons. The van der Waals surface area contributed by atoms with Crippen molar-refractivity contribution < 1.29 is 22.6 Å². The first-order valence-electron chi connectivity index (χ1n) is 5.93. The molecule has 1 aromatic heterocycles. The van der Waals surface area contributed by atoms with Crippen LogP contribution in [-0.4, -0.2) is 28.9 Å². The number of rotatable bonds is 1. The number of nitrogens with zero attached hydrogens (tertiary/aromatic N) is 2. The van der Waals surface area contributed by atoms with E-state index in [2.05, 4.69) is 4.98 Å². The molecular weight excluding hydrogens is 332 g/mol. The second-order valence-corrected chi connectivity index (χ2v) is 5.38. The van der Waals surface area contributed by atoms with Crippen LogP contribution in [0.2, 0.25) is 10.0 Å². The number of ether oxygens (including phenoxy) is 2. The van der Waals surface area contributed by atoms with Gasteiger partial charge in [-0.15, -0.1) is 0 Å². The Morgan fingerprint density at radius 1 is 1.19 bits per heavy atom. The lowest BCUT2D eigenvalue weighted by atomic mass is 10.2. The van der Waals surface area contributed by atoms with Gasteiger partial charge in [-0.2, -0.15) is 13.2 Å². The number of aromatic nitrogens is 2. The molecule has 0 atom stereocenters. The van der Waals surface area contributed by atoms with Gasteiger partial charge in [-0.1, -0.05) is 23.2 Å². The molecule has 1 aromatic carbocycles. The molecule has 0 radical (unpaired) electrons. The minimum absolute atomic E-state index is 0.162. The average molecular weight is 341 g/mol. The summed E-state index contributed by atoms with van der Waals surface area (Å²) in [5.74, 6) is -3.25. The van der Waals surface area contributed by atoms with E-state index in [9.17, 15) is 13.2 Å². The summed E-state index contributed by atoms with van der Waals surface area (Å²) < 4.78 is 51.2. The Morgan fingerprint density at radius 3 is 2.33 bits per heavy atom. The monoisotopic (exact) mass is 340 g/mol. The van der Waals surface area contributed by atoms with Gasteiger partial charge in [-0.25, -0.2) is 4.98 Å². The van der Waals surface area contributed by atoms with Crippen LogP contribution in [0.15, 0.2) is 12.1 Å². The van der Waals surface area contributed by atoms with Gasteiger partial charge in [-0.05, 0) is 12.1 Å². The minimum Gasteiger partial charge on any atom is -0.334 e. The van der Waals surface area contributed by atoms with Gasteiger partial charge in [0.05, 0.1) is 34.3 Å². The first kappa shape index (κ1) is 14.9. The predicted octanol–water partition coefficient (Wildman–Crippen LogP) is 3.64. The molecule has 3 rings (SSSR count). The Labute approximate surface area is 127 Å². The number of hydrogen-bond donors (Lipinski definition) is 0. The maximum absolute atomic E-state index is 13.4. The SMILES string of the molecule is Cn1c(C2(C(F)(F)F)OCCO2)nc2cc(Cl)c(Cl)cc21. The molecule has 0 spiro atoms. The second kappa shape index (κ2) is 4.74. The Kier molecular flexibility index (Phi) is 3.36. The van der Waals surface area contributed by atoms with Crippen molar-refractivity contribution in [3.8, 4) is 0 Å². The number of hydrogen-bond acceptors (Lipinski definition) is 3. The standard InChI is InChI=1S/C12H9Cl2F3N2O2/c1-19-9-5-7(14)6(13)4-8(9)18-10(19)11(12(15,16)17)20-2-3-21-11/h4-5H,2-3H2,1H3. The molecule has 21 heavy (non-hydrogen) atoms. The van der Waals surface area contributed by atoms with Crippen LogP contribution >= 0.6 is 23.2 Å². The van der Waals surface area contributed by atoms with Crippen molar-refractivity contribution in [3.05, 3.63) is 28.0 Å². The summed E-state index contributed by atoms with van der Waals surface area (Å²) in [4.78, 5) is 3.98. The molecule has 0 unspecified atom stereocenters. The van der Waals surface area contributed by atoms with Crippen LogP contribution in [0.25, 0.3) is 11.0 Å². The van der Waals surface area contributed by atoms with Crippen molar-refractivity contribution >= 4 is 34.2 Å². The van der Waals surface area contributed by atoms with Crippen LogP contribution in [0.5, 0.6) is 0 Å². The second-order valence-electron chi connectivity index (χ2n) is 4.56. The Balaban J connectivity index is 2.27. The van der Waals surface area contributed by atoms with E-state index in [0.717, 1.165) is 0 Å². The van der Waals surface area contributed by atoms with Crippen molar-refractivity contribution in [2.24, 2.45) is 7.05 Å². The molecule has 0 bridgehead atoms. The summed E-state index contributed by atoms with van der Waals surface area (Å²) in [5.41, 5.74) is 0.687. The highest BCUT2D eigenvalue weighted by atomic mass is 35.5. The number of halogens is 5. The maximum Gasteiger partial charge on any atom is 0.451 e. The predicted molar refractivity (Wildman–Crippen MR) is 70.4 cm³/mol. The van der Waals surface area contributed by atoms with Gasteiger partial charge in [0.15, 0.2) is 5.82 Å². The van der Waals surface area contributed by atoms with E-state index < -0.39 is 12.0 Å². The van der Waals surface area contributed by atoms with Gasteiger partial charge in [0.25, 0.3) is 0 Å². The molecular formula is C12H9Cl2F3N2O2. The van der Waals surface area contributed by atoms with Crippen LogP contribution in [0, 0.1) is 0 Å². The number of benzene rings is 1. The zero-order valence-corrected chi connectivity index (χ0v) is 12.2. The summed E-state index contributed by atoms with van der Waals surface area (Å²) in [6, 6.07) is 2.86. The van der Waals surface area contributed by atoms with Crippen LogP contribution in [0.3, 0.4) is 0 Å². The van der Waals surface area contributed by atoms with Crippen molar-refractivity contribution in [1.82, 2.24) is 9.55 Å². The quantitative estimate of drug-likeness (QED) is 0.795. The molecule has 1 fully saturated rings. The third-order valence-electron chi connectivity index (χ3n) is 3.28. The lowest BCUT2D eigenvalue weighted by molar-refractivity contribution is -0.356. The molecule has 0 amide bonds. The van der Waals surface area contributed by atoms with Gasteiger partial charge >= 0.3 is 12.0 Å². The molecule has 0 aliphatic carbocycles. The minimum atomic E-state index is -4.76. The molecule has 0 N–H and O–H groups in total. The molecule has 9 heteroatoms. The first-order valence-corrected chi connectivity index (χ1v) is 6.68. The van der Waals surface area contributed by atoms with E-state index in [0.29, 0.717) is 5.52 Å². The van der Waals surface area contributed by atoms with Crippen LogP contribution in [-0.2, 0) is 22.3 Å². The van der Waals surface area contributed by atoms with E-state index >= 15 is 0 Å². The van der Waals surface area contributed by atoms with Crippen LogP contribution in [0.1, 0.15) is 5.82 Å². The van der Waals surface area contributed by atoms with Crippen LogP contribution < -0.4 is 0 Å². The third kappa shape index (κ3) is 2.11. The maximum atomic E-state index is 13.4. The van der Waals surface area contributed by atoms with E-state index in [4.69, 9.17) is 32.7 Å². The summed E-state index contributed by atoms with van der Waals surface area (Å²) >= 11 is 11.8. The highest BCUT2D eigenvalue weighted by Crippen LogP contribution is 2.46. The molecule has 4 nitrogen and oxygen atoms in total. The van der Waals surface area contributed by atoms with Crippen molar-refractivity contribution in [1.29, 1.82) is 0 Å². The molecule has 1 saturated heterocycles. The lowest BCUT2D eigenvalue weighted by Gasteiger charge is -2.28. The van der Waals surface area contributed by atoms with E-state index in [1.165, 1.54) is 23.7 Å². The van der Waals surface area contributed by atoms with Gasteiger partial charge < -0.3 is 14.0 Å². The normalized spacial score (nSPS) is 18.6. The van der Waals surface area contributed by atoms with Gasteiger partial charge in [0, 0.05) is 7.05 Å². The van der Waals surface area contributed by atoms with Crippen molar-refractivity contribution in [2.45, 2.75) is 12.0 Å². The fraction of sp³-hybridized carbons (Fsp3) is 0.417. The summed E-state index contributed by atoms with van der Waals surface area (Å²) in [7, 11) is 1.44. The van der Waals surface area contributed by atoms with Gasteiger partial charge in [0.1, 0.15) is 0 Å². The first-order chi connectivity index (χ1) is 9.76. The fourth-order valence-corrected chi connectivity index (χ4v) is 2.63. The highest BCUT2D eigenvalue weighted by Gasteiger charge is 2.64. The zero-order chi connectivity index (χ0) is 15.4. The third-order valence-corrected chi connectivity index (χ3v) is 4.01. The molecule has 0 saturated carbocycles. The Hall–Kier alpha value is -1.02. The van der Waals surface area contributed by atoms with Gasteiger partial charge in [-0.3, -0.25) is 0 Å². The number of fused-ring (bicyclic) bond motifs is 1. The van der Waals surface area contributed by atoms with Crippen LogP contribution in [0.4, 0.5) is 13.2 Å².